The van der Waals surface area contributed by atoms with Crippen LogP contribution in [-0.2, 0) is 19.3 Å². The summed E-state index contributed by atoms with van der Waals surface area (Å²) in [5.41, 5.74) is -0.370. The molecule has 2 saturated heterocycles. The summed E-state index contributed by atoms with van der Waals surface area (Å²) in [7, 11) is 0. The molecule has 2 aliphatic rings. The summed E-state index contributed by atoms with van der Waals surface area (Å²) in [5, 5.41) is 0. The first kappa shape index (κ1) is 12.8. The minimum Gasteiger partial charge on any atom is -0.466 e. The van der Waals surface area contributed by atoms with Gasteiger partial charge in [-0.15, -0.1) is 0 Å². The van der Waals surface area contributed by atoms with Crippen LogP contribution in [0.1, 0.15) is 33.1 Å². The number of ether oxygens (including phenoxy) is 1. The molecule has 0 saturated carbocycles. The molecule has 2 heterocycles. The maximum Gasteiger partial charge on any atom is 0.310 e. The maximum atomic E-state index is 11.7. The van der Waals surface area contributed by atoms with Gasteiger partial charge in [-0.3, -0.25) is 9.69 Å². The molecule has 17 heavy (non-hydrogen) atoms. The zero-order valence-electron chi connectivity index (χ0n) is 10.6. The predicted molar refractivity (Wildman–Crippen MR) is 61.0 cm³/mol. The molecule has 0 aliphatic carbocycles. The quantitative estimate of drug-likeness (QED) is 0.553. The van der Waals surface area contributed by atoms with Gasteiger partial charge >= 0.3 is 5.97 Å². The van der Waals surface area contributed by atoms with Gasteiger partial charge in [0.15, 0.2) is 5.72 Å². The summed E-state index contributed by atoms with van der Waals surface area (Å²) < 4.78 is 5.09. The molecule has 0 aromatic heterocycles. The zero-order chi connectivity index (χ0) is 12.3. The molecule has 0 aromatic rings. The van der Waals surface area contributed by atoms with Crippen LogP contribution in [0.15, 0.2) is 0 Å². The van der Waals surface area contributed by atoms with Gasteiger partial charge in [-0.1, -0.05) is 0 Å². The van der Waals surface area contributed by atoms with Crippen LogP contribution in [-0.4, -0.2) is 42.9 Å². The average molecular weight is 243 g/mol. The number of rotatable bonds is 3. The highest BCUT2D eigenvalue weighted by Gasteiger charge is 2.41. The van der Waals surface area contributed by atoms with Crippen LogP contribution in [0, 0.1) is 5.92 Å². The molecule has 2 rings (SSSR count). The molecular formula is C12H21NO4. The number of hydrogen-bond donors (Lipinski definition) is 0. The van der Waals surface area contributed by atoms with E-state index in [1.54, 1.807) is 0 Å². The van der Waals surface area contributed by atoms with E-state index in [1.807, 2.05) is 13.8 Å². The molecule has 2 atom stereocenters. The number of piperidine rings is 1. The van der Waals surface area contributed by atoms with Gasteiger partial charge in [0.05, 0.1) is 19.1 Å². The molecule has 0 radical (unpaired) electrons. The molecule has 0 amide bonds. The Bertz CT molecular complexity index is 276. The van der Waals surface area contributed by atoms with Crippen LogP contribution in [0.3, 0.4) is 0 Å². The van der Waals surface area contributed by atoms with Crippen LogP contribution in [0.5, 0.6) is 0 Å². The standard InChI is InChI=1S/C12H21NO4/c1-3-15-11(14)10-5-4-7-13(9-10)12(2)6-8-16-17-12/h10H,3-9H2,1-2H3. The number of likely N-dealkylation sites (tertiary alicyclic amines) is 1. The first-order valence-corrected chi connectivity index (χ1v) is 6.38. The Morgan fingerprint density at radius 1 is 1.59 bits per heavy atom. The number of carbonyl (C=O) groups excluding carboxylic acids is 1. The number of nitrogens with zero attached hydrogens (tertiary/aromatic N) is 1. The van der Waals surface area contributed by atoms with Gasteiger partial charge in [0.2, 0.25) is 0 Å². The van der Waals surface area contributed by atoms with E-state index in [0.717, 1.165) is 25.8 Å². The molecule has 0 aromatic carbocycles. The van der Waals surface area contributed by atoms with E-state index >= 15 is 0 Å². The highest BCUT2D eigenvalue weighted by Crippen LogP contribution is 2.31. The van der Waals surface area contributed by atoms with Crippen molar-refractivity contribution in [1.29, 1.82) is 0 Å². The van der Waals surface area contributed by atoms with Gasteiger partial charge in [-0.05, 0) is 26.7 Å². The number of esters is 1. The number of hydrogen-bond acceptors (Lipinski definition) is 5. The molecule has 2 unspecified atom stereocenters. The summed E-state index contributed by atoms with van der Waals surface area (Å²) in [6, 6.07) is 0. The fourth-order valence-corrected chi connectivity index (χ4v) is 2.51. The molecular weight excluding hydrogens is 222 g/mol. The largest absolute Gasteiger partial charge is 0.466 e. The molecule has 0 N–H and O–H groups in total. The molecule has 2 aliphatic heterocycles. The van der Waals surface area contributed by atoms with E-state index < -0.39 is 0 Å². The van der Waals surface area contributed by atoms with E-state index in [4.69, 9.17) is 14.5 Å². The van der Waals surface area contributed by atoms with Crippen molar-refractivity contribution < 1.29 is 19.3 Å². The molecule has 5 nitrogen and oxygen atoms in total. The lowest BCUT2D eigenvalue weighted by Gasteiger charge is -2.40. The SMILES string of the molecule is CCOC(=O)C1CCCN(C2(C)CCOO2)C1. The smallest absolute Gasteiger partial charge is 0.310 e. The lowest BCUT2D eigenvalue weighted by Crippen LogP contribution is -2.52. The first-order chi connectivity index (χ1) is 8.15. The molecule has 0 spiro atoms. The van der Waals surface area contributed by atoms with Gasteiger partial charge in [-0.2, -0.15) is 0 Å². The Kier molecular flexibility index (Phi) is 4.01. The predicted octanol–water partition coefficient (Wildman–Crippen LogP) is 1.33. The summed E-state index contributed by atoms with van der Waals surface area (Å²) in [4.78, 5) is 24.3. The monoisotopic (exact) mass is 243 g/mol. The summed E-state index contributed by atoms with van der Waals surface area (Å²) >= 11 is 0. The molecule has 98 valence electrons. The van der Waals surface area contributed by atoms with Gasteiger partial charge in [0.25, 0.3) is 0 Å². The second kappa shape index (κ2) is 5.33. The Labute approximate surface area is 102 Å². The highest BCUT2D eigenvalue weighted by atomic mass is 17.2. The van der Waals surface area contributed by atoms with E-state index in [1.165, 1.54) is 0 Å². The Balaban J connectivity index is 1.94. The molecule has 5 heteroatoms. The van der Waals surface area contributed by atoms with E-state index in [-0.39, 0.29) is 17.6 Å². The van der Waals surface area contributed by atoms with E-state index in [0.29, 0.717) is 19.8 Å². The third-order valence-corrected chi connectivity index (χ3v) is 3.60. The third kappa shape index (κ3) is 2.78. The normalized spacial score (nSPS) is 34.8. The zero-order valence-corrected chi connectivity index (χ0v) is 10.6. The van der Waals surface area contributed by atoms with Crippen molar-refractivity contribution in [3.63, 3.8) is 0 Å². The summed E-state index contributed by atoms with van der Waals surface area (Å²) in [5.74, 6) is -0.107. The maximum absolute atomic E-state index is 11.7. The van der Waals surface area contributed by atoms with Crippen molar-refractivity contribution >= 4 is 5.97 Å². The van der Waals surface area contributed by atoms with Crippen LogP contribution < -0.4 is 0 Å². The Morgan fingerprint density at radius 2 is 2.41 bits per heavy atom. The minimum atomic E-state index is -0.370. The van der Waals surface area contributed by atoms with Gasteiger partial charge < -0.3 is 4.74 Å². The van der Waals surface area contributed by atoms with Crippen molar-refractivity contribution in [2.45, 2.75) is 38.8 Å². The lowest BCUT2D eigenvalue weighted by atomic mass is 9.95. The first-order valence-electron chi connectivity index (χ1n) is 6.38. The van der Waals surface area contributed by atoms with Crippen molar-refractivity contribution in [1.82, 2.24) is 4.90 Å². The van der Waals surface area contributed by atoms with Gasteiger partial charge in [0.1, 0.15) is 0 Å². The fraction of sp³-hybridized carbons (Fsp3) is 0.917. The van der Waals surface area contributed by atoms with Crippen molar-refractivity contribution in [2.75, 3.05) is 26.3 Å². The van der Waals surface area contributed by atoms with Gasteiger partial charge in [0, 0.05) is 19.5 Å². The Hall–Kier alpha value is -0.650. The average Bonchev–Trinajstić information content (AvgIpc) is 2.78. The third-order valence-electron chi connectivity index (χ3n) is 3.60. The second-order valence-electron chi connectivity index (χ2n) is 4.87. The Morgan fingerprint density at radius 3 is 3.06 bits per heavy atom. The van der Waals surface area contributed by atoms with Crippen LogP contribution >= 0.6 is 0 Å². The summed E-state index contributed by atoms with van der Waals surface area (Å²) in [6.45, 7) is 6.60. The minimum absolute atomic E-state index is 0.0234. The van der Waals surface area contributed by atoms with Gasteiger partial charge in [-0.25, -0.2) is 9.78 Å². The van der Waals surface area contributed by atoms with E-state index in [9.17, 15) is 4.79 Å². The number of carbonyl (C=O) groups is 1. The van der Waals surface area contributed by atoms with Crippen molar-refractivity contribution in [3.8, 4) is 0 Å². The molecule has 0 bridgehead atoms. The van der Waals surface area contributed by atoms with Crippen LogP contribution in [0.2, 0.25) is 0 Å². The highest BCUT2D eigenvalue weighted by molar-refractivity contribution is 5.72. The topological polar surface area (TPSA) is 48.0 Å². The van der Waals surface area contributed by atoms with E-state index in [2.05, 4.69) is 4.90 Å². The van der Waals surface area contributed by atoms with Crippen molar-refractivity contribution in [3.05, 3.63) is 0 Å². The molecule has 2 fully saturated rings. The van der Waals surface area contributed by atoms with Crippen molar-refractivity contribution in [2.24, 2.45) is 5.92 Å². The fourth-order valence-electron chi connectivity index (χ4n) is 2.51. The van der Waals surface area contributed by atoms with Crippen LogP contribution in [0.25, 0.3) is 0 Å². The summed E-state index contributed by atoms with van der Waals surface area (Å²) in [6.07, 6.45) is 2.76. The van der Waals surface area contributed by atoms with Crippen LogP contribution in [0.4, 0.5) is 0 Å². The second-order valence-corrected chi connectivity index (χ2v) is 4.87. The lowest BCUT2D eigenvalue weighted by molar-refractivity contribution is -0.340.